The molecule has 0 fully saturated rings. The predicted molar refractivity (Wildman–Crippen MR) is 92.3 cm³/mol. The Morgan fingerprint density at radius 3 is 2.30 bits per heavy atom. The minimum Gasteiger partial charge on any atom is -0.496 e. The van der Waals surface area contributed by atoms with E-state index in [2.05, 4.69) is 19.9 Å². The number of esters is 1. The van der Waals surface area contributed by atoms with Gasteiger partial charge in [0.05, 0.1) is 20.8 Å². The first kappa shape index (κ1) is 19.1. The average molecular weight is 320 g/mol. The molecule has 1 aromatic rings. The second-order valence-electron chi connectivity index (χ2n) is 5.91. The van der Waals surface area contributed by atoms with Gasteiger partial charge in [-0.1, -0.05) is 11.6 Å². The van der Waals surface area contributed by atoms with E-state index >= 15 is 0 Å². The fraction of sp³-hybridized carbons (Fsp3) is 0.526. The van der Waals surface area contributed by atoms with Crippen LogP contribution in [0.3, 0.4) is 0 Å². The van der Waals surface area contributed by atoms with E-state index in [-0.39, 0.29) is 11.9 Å². The van der Waals surface area contributed by atoms with Crippen molar-refractivity contribution in [3.63, 3.8) is 0 Å². The quantitative estimate of drug-likeness (QED) is 0.526. The van der Waals surface area contributed by atoms with Gasteiger partial charge in [0.1, 0.15) is 11.5 Å². The Morgan fingerprint density at radius 2 is 1.78 bits per heavy atom. The summed E-state index contributed by atoms with van der Waals surface area (Å²) >= 11 is 0. The minimum atomic E-state index is -0.251. The van der Waals surface area contributed by atoms with Gasteiger partial charge in [0, 0.05) is 12.5 Å². The Balaban J connectivity index is 3.12. The van der Waals surface area contributed by atoms with Gasteiger partial charge in [-0.2, -0.15) is 0 Å². The molecule has 0 N–H and O–H groups in total. The van der Waals surface area contributed by atoms with Gasteiger partial charge in [-0.15, -0.1) is 0 Å². The van der Waals surface area contributed by atoms with Gasteiger partial charge < -0.3 is 14.2 Å². The third-order valence-corrected chi connectivity index (χ3v) is 3.77. The summed E-state index contributed by atoms with van der Waals surface area (Å²) < 4.78 is 16.1. The summed E-state index contributed by atoms with van der Waals surface area (Å²) in [7, 11) is 3.34. The van der Waals surface area contributed by atoms with Crippen molar-refractivity contribution in [3.05, 3.63) is 34.9 Å². The fourth-order valence-electron chi connectivity index (χ4n) is 2.52. The summed E-state index contributed by atoms with van der Waals surface area (Å²) in [5.74, 6) is 1.64. The van der Waals surface area contributed by atoms with Gasteiger partial charge in [-0.05, 0) is 57.2 Å². The molecule has 0 unspecified atom stereocenters. The first-order valence-electron chi connectivity index (χ1n) is 7.88. The summed E-state index contributed by atoms with van der Waals surface area (Å²) in [6.45, 7) is 7.98. The maximum atomic E-state index is 11.0. The average Bonchev–Trinajstić information content (AvgIpc) is 2.50. The van der Waals surface area contributed by atoms with E-state index in [0.717, 1.165) is 35.5 Å². The van der Waals surface area contributed by atoms with Crippen LogP contribution < -0.4 is 9.47 Å². The van der Waals surface area contributed by atoms with Crippen LogP contribution >= 0.6 is 0 Å². The van der Waals surface area contributed by atoms with Crippen LogP contribution in [-0.4, -0.2) is 26.8 Å². The number of aryl methyl sites for hydroxylation is 1. The van der Waals surface area contributed by atoms with Crippen LogP contribution in [0.1, 0.15) is 50.7 Å². The molecule has 0 aliphatic rings. The van der Waals surface area contributed by atoms with Crippen molar-refractivity contribution in [1.29, 1.82) is 0 Å². The van der Waals surface area contributed by atoms with E-state index in [4.69, 9.17) is 14.2 Å². The monoisotopic (exact) mass is 320 g/mol. The van der Waals surface area contributed by atoms with Crippen LogP contribution in [-0.2, 0) is 9.53 Å². The van der Waals surface area contributed by atoms with E-state index in [1.165, 1.54) is 12.5 Å². The Hall–Kier alpha value is -1.97. The lowest BCUT2D eigenvalue weighted by molar-refractivity contribution is -0.141. The minimum absolute atomic E-state index is 0.202. The zero-order valence-corrected chi connectivity index (χ0v) is 15.1. The van der Waals surface area contributed by atoms with Crippen LogP contribution in [0, 0.1) is 6.92 Å². The molecule has 0 saturated heterocycles. The Bertz CT molecular complexity index is 557. The van der Waals surface area contributed by atoms with Gasteiger partial charge in [-0.25, -0.2) is 0 Å². The molecule has 0 saturated carbocycles. The molecule has 23 heavy (non-hydrogen) atoms. The van der Waals surface area contributed by atoms with Gasteiger partial charge in [0.25, 0.3) is 0 Å². The zero-order valence-electron chi connectivity index (χ0n) is 15.1. The molecule has 0 spiro atoms. The van der Waals surface area contributed by atoms with E-state index in [0.29, 0.717) is 6.61 Å². The lowest BCUT2D eigenvalue weighted by Crippen LogP contribution is -2.08. The van der Waals surface area contributed by atoms with Crippen LogP contribution in [0.15, 0.2) is 23.8 Å². The molecule has 1 aromatic carbocycles. The van der Waals surface area contributed by atoms with Crippen molar-refractivity contribution in [2.24, 2.45) is 0 Å². The van der Waals surface area contributed by atoms with Gasteiger partial charge in [0.2, 0.25) is 0 Å². The number of methoxy groups -OCH3 is 2. The van der Waals surface area contributed by atoms with E-state index in [9.17, 15) is 4.79 Å². The van der Waals surface area contributed by atoms with Crippen LogP contribution in [0.25, 0.3) is 0 Å². The lowest BCUT2D eigenvalue weighted by atomic mass is 9.90. The SMILES string of the molecule is COc1cc([C@@H](CC=C(C)C)CCOC(C)=O)c(OC)cc1C. The summed E-state index contributed by atoms with van der Waals surface area (Å²) in [6, 6.07) is 4.03. The summed E-state index contributed by atoms with van der Waals surface area (Å²) in [6.07, 6.45) is 3.81. The fourth-order valence-corrected chi connectivity index (χ4v) is 2.52. The molecular formula is C19H28O4. The molecule has 0 amide bonds. The molecule has 0 aliphatic heterocycles. The van der Waals surface area contributed by atoms with E-state index in [1.54, 1.807) is 14.2 Å². The second kappa shape index (κ2) is 9.23. The van der Waals surface area contributed by atoms with Crippen molar-refractivity contribution in [3.8, 4) is 11.5 Å². The highest BCUT2D eigenvalue weighted by Crippen LogP contribution is 2.37. The first-order valence-corrected chi connectivity index (χ1v) is 7.88. The summed E-state index contributed by atoms with van der Waals surface area (Å²) in [5.41, 5.74) is 3.38. The molecule has 1 atom stereocenters. The van der Waals surface area contributed by atoms with E-state index < -0.39 is 0 Å². The maximum absolute atomic E-state index is 11.0. The number of carbonyl (C=O) groups is 1. The van der Waals surface area contributed by atoms with Crippen molar-refractivity contribution >= 4 is 5.97 Å². The summed E-state index contributed by atoms with van der Waals surface area (Å²) in [4.78, 5) is 11.0. The predicted octanol–water partition coefficient (Wildman–Crippen LogP) is 4.41. The largest absolute Gasteiger partial charge is 0.496 e. The summed E-state index contributed by atoms with van der Waals surface area (Å²) in [5, 5.41) is 0. The highest BCUT2D eigenvalue weighted by molar-refractivity contribution is 5.65. The van der Waals surface area contributed by atoms with Gasteiger partial charge in [0.15, 0.2) is 0 Å². The third kappa shape index (κ3) is 5.97. The number of carbonyl (C=O) groups excluding carboxylic acids is 1. The van der Waals surface area contributed by atoms with E-state index in [1.807, 2.05) is 19.1 Å². The highest BCUT2D eigenvalue weighted by atomic mass is 16.5. The third-order valence-electron chi connectivity index (χ3n) is 3.77. The number of ether oxygens (including phenoxy) is 3. The first-order chi connectivity index (χ1) is 10.9. The number of hydrogen-bond acceptors (Lipinski definition) is 4. The highest BCUT2D eigenvalue weighted by Gasteiger charge is 2.18. The van der Waals surface area contributed by atoms with Crippen LogP contribution in [0.5, 0.6) is 11.5 Å². The topological polar surface area (TPSA) is 44.8 Å². The Labute approximate surface area is 139 Å². The zero-order chi connectivity index (χ0) is 17.4. The second-order valence-corrected chi connectivity index (χ2v) is 5.91. The smallest absolute Gasteiger partial charge is 0.302 e. The van der Waals surface area contributed by atoms with Crippen molar-refractivity contribution in [2.45, 2.75) is 46.5 Å². The van der Waals surface area contributed by atoms with Crippen LogP contribution in [0.2, 0.25) is 0 Å². The van der Waals surface area contributed by atoms with Crippen molar-refractivity contribution in [1.82, 2.24) is 0 Å². The van der Waals surface area contributed by atoms with Crippen molar-refractivity contribution in [2.75, 3.05) is 20.8 Å². The van der Waals surface area contributed by atoms with Crippen LogP contribution in [0.4, 0.5) is 0 Å². The molecule has 4 heteroatoms. The lowest BCUT2D eigenvalue weighted by Gasteiger charge is -2.21. The number of benzene rings is 1. The molecule has 4 nitrogen and oxygen atoms in total. The number of hydrogen-bond donors (Lipinski definition) is 0. The number of allylic oxidation sites excluding steroid dienone is 2. The van der Waals surface area contributed by atoms with Gasteiger partial charge >= 0.3 is 5.97 Å². The maximum Gasteiger partial charge on any atom is 0.302 e. The van der Waals surface area contributed by atoms with Crippen molar-refractivity contribution < 1.29 is 19.0 Å². The molecule has 0 bridgehead atoms. The van der Waals surface area contributed by atoms with Gasteiger partial charge in [-0.3, -0.25) is 4.79 Å². The standard InChI is InChI=1S/C19H28O4/c1-13(2)7-8-16(9-10-23-15(4)20)17-12-18(21-5)14(3)11-19(17)22-6/h7,11-12,16H,8-10H2,1-6H3/t16-/m0/s1. The molecule has 0 aromatic heterocycles. The molecular weight excluding hydrogens is 292 g/mol. The Kier molecular flexibility index (Phi) is 7.66. The molecule has 0 radical (unpaired) electrons. The number of rotatable bonds is 8. The molecule has 0 heterocycles. The molecule has 1 rings (SSSR count). The Morgan fingerprint density at radius 1 is 1.13 bits per heavy atom. The molecule has 128 valence electrons. The normalized spacial score (nSPS) is 11.6. The molecule has 0 aliphatic carbocycles.